The Morgan fingerprint density at radius 3 is 2.59 bits per heavy atom. The van der Waals surface area contributed by atoms with Crippen LogP contribution < -0.4 is 5.56 Å². The molecule has 3 aromatic rings. The number of aryl methyl sites for hydroxylation is 1. The molecular formula is C23H28N4O3S2. The van der Waals surface area contributed by atoms with Crippen LogP contribution in [-0.4, -0.2) is 53.8 Å². The number of fused-ring (bicyclic) bond motifs is 3. The monoisotopic (exact) mass is 472 g/mol. The second kappa shape index (κ2) is 8.37. The van der Waals surface area contributed by atoms with Gasteiger partial charge in [0.25, 0.3) is 5.56 Å². The average Bonchev–Trinajstić information content (AvgIpc) is 3.17. The van der Waals surface area contributed by atoms with Crippen molar-refractivity contribution >= 4 is 31.6 Å². The molecule has 0 saturated carbocycles. The fourth-order valence-electron chi connectivity index (χ4n) is 4.81. The molecule has 1 saturated heterocycles. The van der Waals surface area contributed by atoms with Gasteiger partial charge in [0, 0.05) is 31.1 Å². The normalized spacial score (nSPS) is 21.5. The second-order valence-electron chi connectivity index (χ2n) is 8.91. The third-order valence-corrected chi connectivity index (χ3v) is 9.84. The lowest BCUT2D eigenvalue weighted by atomic mass is 9.89. The second-order valence-corrected chi connectivity index (χ2v) is 11.9. The Labute approximate surface area is 192 Å². The first-order valence-corrected chi connectivity index (χ1v) is 13.4. The molecule has 0 amide bonds. The summed E-state index contributed by atoms with van der Waals surface area (Å²) in [4.78, 5) is 25.5. The summed E-state index contributed by atoms with van der Waals surface area (Å²) in [6, 6.07) is 8.48. The van der Waals surface area contributed by atoms with Gasteiger partial charge in [-0.3, -0.25) is 9.69 Å². The van der Waals surface area contributed by atoms with E-state index in [9.17, 15) is 13.2 Å². The molecule has 5 rings (SSSR count). The Balaban J connectivity index is 1.34. The van der Waals surface area contributed by atoms with Gasteiger partial charge in [-0.1, -0.05) is 25.1 Å². The molecule has 0 radical (unpaired) electrons. The summed E-state index contributed by atoms with van der Waals surface area (Å²) in [7, 11) is -3.48. The van der Waals surface area contributed by atoms with E-state index in [1.807, 2.05) is 13.0 Å². The summed E-state index contributed by atoms with van der Waals surface area (Å²) in [6.07, 6.45) is 3.10. The third kappa shape index (κ3) is 3.81. The molecule has 0 spiro atoms. The van der Waals surface area contributed by atoms with Crippen LogP contribution in [0.4, 0.5) is 0 Å². The first-order valence-electron chi connectivity index (χ1n) is 11.2. The summed E-state index contributed by atoms with van der Waals surface area (Å²) in [6.45, 7) is 6.30. The Hall–Kier alpha value is -2.07. The number of thiophene rings is 1. The fourth-order valence-corrected chi connectivity index (χ4v) is 7.64. The molecule has 1 aliphatic carbocycles. The molecule has 0 unspecified atom stereocenters. The molecule has 2 aromatic heterocycles. The molecule has 2 aliphatic rings. The molecule has 1 aliphatic heterocycles. The molecule has 0 bridgehead atoms. The van der Waals surface area contributed by atoms with E-state index < -0.39 is 10.0 Å². The van der Waals surface area contributed by atoms with Crippen LogP contribution in [-0.2, 0) is 22.9 Å². The molecule has 9 heteroatoms. The van der Waals surface area contributed by atoms with E-state index in [0.717, 1.165) is 29.5 Å². The number of nitrogens with zero attached hydrogens (tertiary/aromatic N) is 3. The number of hydrogen-bond acceptors (Lipinski definition) is 6. The molecule has 1 aromatic carbocycles. The Morgan fingerprint density at radius 2 is 1.88 bits per heavy atom. The van der Waals surface area contributed by atoms with Crippen molar-refractivity contribution in [3.8, 4) is 0 Å². The smallest absolute Gasteiger partial charge is 0.259 e. The molecule has 7 nitrogen and oxygen atoms in total. The van der Waals surface area contributed by atoms with Crippen LogP contribution in [0.15, 0.2) is 40.0 Å². The number of nitrogens with one attached hydrogen (secondary N) is 1. The van der Waals surface area contributed by atoms with Crippen molar-refractivity contribution in [3.63, 3.8) is 0 Å². The predicted molar refractivity (Wildman–Crippen MR) is 127 cm³/mol. The van der Waals surface area contributed by atoms with Crippen molar-refractivity contribution in [3.05, 3.63) is 57.0 Å². The van der Waals surface area contributed by atoms with Crippen LogP contribution in [0.2, 0.25) is 0 Å². The minimum Gasteiger partial charge on any atom is -0.309 e. The molecule has 32 heavy (non-hydrogen) atoms. The van der Waals surface area contributed by atoms with Gasteiger partial charge in [-0.15, -0.1) is 11.3 Å². The zero-order chi connectivity index (χ0) is 22.5. The van der Waals surface area contributed by atoms with Crippen LogP contribution >= 0.6 is 11.3 Å². The summed E-state index contributed by atoms with van der Waals surface area (Å²) in [5.41, 5.74) is 1.14. The number of sulfonamides is 1. The number of piperazine rings is 1. The molecule has 3 heterocycles. The highest BCUT2D eigenvalue weighted by Crippen LogP contribution is 2.36. The van der Waals surface area contributed by atoms with Gasteiger partial charge in [-0.25, -0.2) is 13.4 Å². The van der Waals surface area contributed by atoms with E-state index in [1.54, 1.807) is 39.9 Å². The van der Waals surface area contributed by atoms with Gasteiger partial charge in [-0.2, -0.15) is 4.31 Å². The van der Waals surface area contributed by atoms with Crippen LogP contribution in [0.3, 0.4) is 0 Å². The maximum Gasteiger partial charge on any atom is 0.259 e. The molecule has 1 N–H and O–H groups in total. The van der Waals surface area contributed by atoms with Gasteiger partial charge in [-0.05, 0) is 49.8 Å². The lowest BCUT2D eigenvalue weighted by Gasteiger charge is -2.36. The standard InChI is InChI=1S/C23H28N4O3S2/c1-15-8-9-18-19(14-15)31-23-20(18)22(28)24-21(25-23)16(2)26-10-12-27(13-11-26)32(29,30)17-6-4-3-5-7-17/h3-7,15-16H,8-14H2,1-2H3,(H,24,25,28)/t15-,16+/m0/s1. The van der Waals surface area contributed by atoms with Crippen LogP contribution in [0.5, 0.6) is 0 Å². The fraction of sp³-hybridized carbons (Fsp3) is 0.478. The number of benzene rings is 1. The highest BCUT2D eigenvalue weighted by atomic mass is 32.2. The van der Waals surface area contributed by atoms with Crippen molar-refractivity contribution in [2.45, 2.75) is 44.0 Å². The summed E-state index contributed by atoms with van der Waals surface area (Å²) in [5.74, 6) is 1.31. The van der Waals surface area contributed by atoms with Gasteiger partial charge in [0.15, 0.2) is 0 Å². The summed E-state index contributed by atoms with van der Waals surface area (Å²) in [5, 5.41) is 0.770. The van der Waals surface area contributed by atoms with Crippen molar-refractivity contribution < 1.29 is 8.42 Å². The maximum atomic E-state index is 12.9. The number of aromatic amines is 1. The topological polar surface area (TPSA) is 86.4 Å². The Bertz CT molecular complexity index is 1290. The van der Waals surface area contributed by atoms with E-state index in [0.29, 0.717) is 42.8 Å². The van der Waals surface area contributed by atoms with Crippen LogP contribution in [0, 0.1) is 5.92 Å². The largest absolute Gasteiger partial charge is 0.309 e. The van der Waals surface area contributed by atoms with Crippen molar-refractivity contribution in [2.24, 2.45) is 5.92 Å². The van der Waals surface area contributed by atoms with Gasteiger partial charge >= 0.3 is 0 Å². The zero-order valence-corrected chi connectivity index (χ0v) is 20.0. The Morgan fingerprint density at radius 1 is 1.16 bits per heavy atom. The third-order valence-electron chi connectivity index (χ3n) is 6.78. The number of rotatable bonds is 4. The van der Waals surface area contributed by atoms with Crippen LogP contribution in [0.25, 0.3) is 10.2 Å². The lowest BCUT2D eigenvalue weighted by molar-refractivity contribution is 0.141. The molecular weight excluding hydrogens is 444 g/mol. The van der Waals surface area contributed by atoms with Gasteiger partial charge in [0.2, 0.25) is 10.0 Å². The van der Waals surface area contributed by atoms with E-state index in [2.05, 4.69) is 16.8 Å². The quantitative estimate of drug-likeness (QED) is 0.630. The van der Waals surface area contributed by atoms with Gasteiger partial charge < -0.3 is 4.98 Å². The minimum absolute atomic E-state index is 0.0470. The van der Waals surface area contributed by atoms with Gasteiger partial charge in [0.1, 0.15) is 10.7 Å². The first-order chi connectivity index (χ1) is 15.3. The molecule has 2 atom stereocenters. The average molecular weight is 473 g/mol. The van der Waals surface area contributed by atoms with Crippen molar-refractivity contribution in [1.82, 2.24) is 19.2 Å². The highest BCUT2D eigenvalue weighted by molar-refractivity contribution is 7.89. The summed E-state index contributed by atoms with van der Waals surface area (Å²) < 4.78 is 27.3. The number of H-pyrrole nitrogens is 1. The first kappa shape index (κ1) is 21.8. The van der Waals surface area contributed by atoms with E-state index in [4.69, 9.17) is 4.98 Å². The number of hydrogen-bond donors (Lipinski definition) is 1. The SMILES string of the molecule is C[C@H]1CCc2c(sc3nc([C@@H](C)N4CCN(S(=O)(=O)c5ccccc5)CC4)[nH]c(=O)c23)C1. The number of aromatic nitrogens is 2. The molecule has 170 valence electrons. The highest BCUT2D eigenvalue weighted by Gasteiger charge is 2.31. The Kier molecular flexibility index (Phi) is 5.69. The summed E-state index contributed by atoms with van der Waals surface area (Å²) >= 11 is 1.66. The van der Waals surface area contributed by atoms with Crippen molar-refractivity contribution in [1.29, 1.82) is 0 Å². The zero-order valence-electron chi connectivity index (χ0n) is 18.4. The predicted octanol–water partition coefficient (Wildman–Crippen LogP) is 3.18. The lowest BCUT2D eigenvalue weighted by Crippen LogP contribution is -2.49. The van der Waals surface area contributed by atoms with Crippen molar-refractivity contribution in [2.75, 3.05) is 26.2 Å². The van der Waals surface area contributed by atoms with E-state index >= 15 is 0 Å². The minimum atomic E-state index is -3.48. The van der Waals surface area contributed by atoms with Gasteiger partial charge in [0.05, 0.1) is 16.3 Å². The maximum absolute atomic E-state index is 12.9. The van der Waals surface area contributed by atoms with E-state index in [-0.39, 0.29) is 11.6 Å². The van der Waals surface area contributed by atoms with E-state index in [1.165, 1.54) is 10.4 Å². The molecule has 1 fully saturated rings. The van der Waals surface area contributed by atoms with Crippen LogP contribution in [0.1, 0.15) is 42.6 Å².